The van der Waals surface area contributed by atoms with Crippen molar-refractivity contribution in [1.82, 2.24) is 0 Å². The highest BCUT2D eigenvalue weighted by Crippen LogP contribution is 2.39. The fourth-order valence-electron chi connectivity index (χ4n) is 3.29. The largest absolute Gasteiger partial charge is 0.478 e. The minimum absolute atomic E-state index is 0.250. The standard InChI is InChI=1S/C16H15N3.C4H4O4/c17-16-18-10-15-13-7-3-1-5-11(13)9-12-6-2-4-8-14(12)19(15)16;5-3(6)1-2-4(7)8/h1-8,15H,9-10H2,(H2,17,18);1-2H,(H,5,6)(H,7,8)/b;2-1+. The third-order valence-corrected chi connectivity index (χ3v) is 4.40. The molecule has 2 heterocycles. The van der Waals surface area contributed by atoms with Crippen molar-refractivity contribution in [3.05, 3.63) is 77.4 Å². The number of aliphatic imine (C=N–C) groups is 1. The number of benzene rings is 2. The van der Waals surface area contributed by atoms with Gasteiger partial charge in [-0.05, 0) is 29.2 Å². The van der Waals surface area contributed by atoms with Gasteiger partial charge in [0.05, 0.1) is 12.6 Å². The van der Waals surface area contributed by atoms with Gasteiger partial charge in [0, 0.05) is 17.8 Å². The summed E-state index contributed by atoms with van der Waals surface area (Å²) in [4.78, 5) is 25.7. The van der Waals surface area contributed by atoms with Gasteiger partial charge in [0.15, 0.2) is 5.96 Å². The minimum Gasteiger partial charge on any atom is -0.478 e. The van der Waals surface area contributed by atoms with E-state index >= 15 is 0 Å². The molecule has 0 aromatic heterocycles. The van der Waals surface area contributed by atoms with Crippen molar-refractivity contribution < 1.29 is 19.8 Å². The van der Waals surface area contributed by atoms with Crippen LogP contribution in [-0.2, 0) is 16.0 Å². The summed E-state index contributed by atoms with van der Waals surface area (Å²) in [6.07, 6.45) is 2.08. The lowest BCUT2D eigenvalue weighted by Crippen LogP contribution is -2.36. The number of anilines is 1. The Morgan fingerprint density at radius 1 is 1.00 bits per heavy atom. The van der Waals surface area contributed by atoms with Crippen LogP contribution in [0.4, 0.5) is 5.69 Å². The van der Waals surface area contributed by atoms with Crippen molar-refractivity contribution in [2.75, 3.05) is 11.4 Å². The normalized spacial score (nSPS) is 17.0. The van der Waals surface area contributed by atoms with Crippen LogP contribution in [0.25, 0.3) is 0 Å². The van der Waals surface area contributed by atoms with Gasteiger partial charge >= 0.3 is 11.9 Å². The molecule has 0 saturated heterocycles. The number of carboxylic acids is 2. The number of carboxylic acid groups (broad SMARTS) is 2. The molecule has 2 aliphatic heterocycles. The predicted molar refractivity (Wildman–Crippen MR) is 102 cm³/mol. The van der Waals surface area contributed by atoms with E-state index < -0.39 is 11.9 Å². The van der Waals surface area contributed by atoms with E-state index in [2.05, 4.69) is 58.4 Å². The molecule has 7 nitrogen and oxygen atoms in total. The average Bonchev–Trinajstić information content (AvgIpc) is 2.95. The lowest BCUT2D eigenvalue weighted by atomic mass is 9.97. The van der Waals surface area contributed by atoms with Crippen LogP contribution in [0.15, 0.2) is 65.7 Å². The molecule has 0 bridgehead atoms. The summed E-state index contributed by atoms with van der Waals surface area (Å²) in [5.41, 5.74) is 11.4. The van der Waals surface area contributed by atoms with Crippen LogP contribution in [0.5, 0.6) is 0 Å². The number of aliphatic carboxylic acids is 2. The van der Waals surface area contributed by atoms with E-state index in [9.17, 15) is 9.59 Å². The van der Waals surface area contributed by atoms with Crippen LogP contribution in [0, 0.1) is 0 Å². The van der Waals surface area contributed by atoms with Crippen molar-refractivity contribution in [3.63, 3.8) is 0 Å². The van der Waals surface area contributed by atoms with E-state index in [4.69, 9.17) is 15.9 Å². The molecule has 0 amide bonds. The molecule has 2 aliphatic rings. The van der Waals surface area contributed by atoms with Crippen molar-refractivity contribution >= 4 is 23.6 Å². The maximum atomic E-state index is 9.55. The summed E-state index contributed by atoms with van der Waals surface area (Å²) in [6, 6.07) is 17.3. The van der Waals surface area contributed by atoms with Gasteiger partial charge in [0.25, 0.3) is 0 Å². The number of rotatable bonds is 2. The molecular formula is C20H19N3O4. The van der Waals surface area contributed by atoms with Crippen LogP contribution in [-0.4, -0.2) is 34.7 Å². The molecular weight excluding hydrogens is 346 g/mol. The lowest BCUT2D eigenvalue weighted by Gasteiger charge is -2.26. The first-order valence-electron chi connectivity index (χ1n) is 8.36. The minimum atomic E-state index is -1.26. The molecule has 0 saturated carbocycles. The van der Waals surface area contributed by atoms with Crippen LogP contribution in [0.2, 0.25) is 0 Å². The Balaban J connectivity index is 0.000000226. The second-order valence-corrected chi connectivity index (χ2v) is 6.10. The Bertz CT molecular complexity index is 920. The summed E-state index contributed by atoms with van der Waals surface area (Å²) < 4.78 is 0. The zero-order chi connectivity index (χ0) is 19.4. The van der Waals surface area contributed by atoms with Crippen molar-refractivity contribution in [1.29, 1.82) is 0 Å². The van der Waals surface area contributed by atoms with Gasteiger partial charge in [0.2, 0.25) is 0 Å². The first kappa shape index (κ1) is 18.2. The average molecular weight is 365 g/mol. The summed E-state index contributed by atoms with van der Waals surface area (Å²) in [5, 5.41) is 15.6. The highest BCUT2D eigenvalue weighted by atomic mass is 16.4. The van der Waals surface area contributed by atoms with Gasteiger partial charge in [-0.1, -0.05) is 42.5 Å². The van der Waals surface area contributed by atoms with Gasteiger partial charge in [-0.3, -0.25) is 4.99 Å². The maximum Gasteiger partial charge on any atom is 0.328 e. The third kappa shape index (κ3) is 3.98. The van der Waals surface area contributed by atoms with Crippen LogP contribution < -0.4 is 10.6 Å². The molecule has 1 unspecified atom stereocenters. The van der Waals surface area contributed by atoms with Gasteiger partial charge in [-0.15, -0.1) is 0 Å². The van der Waals surface area contributed by atoms with E-state index in [1.54, 1.807) is 0 Å². The fraction of sp³-hybridized carbons (Fsp3) is 0.150. The smallest absolute Gasteiger partial charge is 0.328 e. The Hall–Kier alpha value is -3.61. The first-order chi connectivity index (χ1) is 13.0. The number of guanidine groups is 1. The van der Waals surface area contributed by atoms with Gasteiger partial charge < -0.3 is 20.8 Å². The fourth-order valence-corrected chi connectivity index (χ4v) is 3.29. The Morgan fingerprint density at radius 2 is 1.59 bits per heavy atom. The molecule has 7 heteroatoms. The Kier molecular flexibility index (Phi) is 5.21. The molecule has 138 valence electrons. The molecule has 4 N–H and O–H groups in total. The summed E-state index contributed by atoms with van der Waals surface area (Å²) >= 11 is 0. The number of fused-ring (bicyclic) bond motifs is 5. The summed E-state index contributed by atoms with van der Waals surface area (Å²) in [6.45, 7) is 0.747. The Labute approximate surface area is 156 Å². The van der Waals surface area contributed by atoms with Gasteiger partial charge in [0.1, 0.15) is 0 Å². The van der Waals surface area contributed by atoms with E-state index in [0.717, 1.165) is 13.0 Å². The third-order valence-electron chi connectivity index (χ3n) is 4.40. The molecule has 2 aromatic rings. The zero-order valence-corrected chi connectivity index (χ0v) is 14.4. The number of nitrogens with two attached hydrogens (primary N) is 1. The first-order valence-corrected chi connectivity index (χ1v) is 8.36. The van der Waals surface area contributed by atoms with Gasteiger partial charge in [-0.2, -0.15) is 0 Å². The lowest BCUT2D eigenvalue weighted by molar-refractivity contribution is -0.134. The number of nitrogens with zero attached hydrogens (tertiary/aromatic N) is 2. The highest BCUT2D eigenvalue weighted by Gasteiger charge is 2.33. The molecule has 2 aromatic carbocycles. The van der Waals surface area contributed by atoms with Crippen molar-refractivity contribution in [3.8, 4) is 0 Å². The Morgan fingerprint density at radius 3 is 2.26 bits per heavy atom. The van der Waals surface area contributed by atoms with E-state index in [1.165, 1.54) is 22.4 Å². The predicted octanol–water partition coefficient (Wildman–Crippen LogP) is 2.18. The summed E-state index contributed by atoms with van der Waals surface area (Å²) in [5.74, 6) is -1.88. The van der Waals surface area contributed by atoms with Crippen LogP contribution >= 0.6 is 0 Å². The number of para-hydroxylation sites is 1. The van der Waals surface area contributed by atoms with Crippen molar-refractivity contribution in [2.24, 2.45) is 10.7 Å². The molecule has 0 spiro atoms. The van der Waals surface area contributed by atoms with Crippen LogP contribution in [0.3, 0.4) is 0 Å². The van der Waals surface area contributed by atoms with Crippen molar-refractivity contribution in [2.45, 2.75) is 12.5 Å². The summed E-state index contributed by atoms with van der Waals surface area (Å²) in [7, 11) is 0. The molecule has 0 fully saturated rings. The van der Waals surface area contributed by atoms with Gasteiger partial charge in [-0.25, -0.2) is 9.59 Å². The quantitative estimate of drug-likeness (QED) is 0.703. The van der Waals surface area contributed by atoms with E-state index in [1.807, 2.05) is 0 Å². The van der Waals surface area contributed by atoms with E-state index in [0.29, 0.717) is 18.1 Å². The van der Waals surface area contributed by atoms with E-state index in [-0.39, 0.29) is 6.04 Å². The van der Waals surface area contributed by atoms with Crippen LogP contribution in [0.1, 0.15) is 22.7 Å². The zero-order valence-electron chi connectivity index (χ0n) is 14.4. The molecule has 4 rings (SSSR count). The second kappa shape index (κ2) is 7.74. The molecule has 1 atom stereocenters. The molecule has 0 aliphatic carbocycles. The monoisotopic (exact) mass is 365 g/mol. The topological polar surface area (TPSA) is 116 Å². The SMILES string of the molecule is NC1=NCC2c3ccccc3Cc3ccccc3N12.O=C(O)/C=C/C(=O)O. The second-order valence-electron chi connectivity index (χ2n) is 6.10. The maximum absolute atomic E-state index is 9.55. The number of hydrogen-bond donors (Lipinski definition) is 3. The molecule has 27 heavy (non-hydrogen) atoms. The number of carbonyl (C=O) groups is 2. The number of hydrogen-bond acceptors (Lipinski definition) is 5. The molecule has 0 radical (unpaired) electrons. The highest BCUT2D eigenvalue weighted by molar-refractivity contribution is 5.98.